The van der Waals surface area contributed by atoms with E-state index in [1.165, 1.54) is 23.8 Å². The zero-order valence-electron chi connectivity index (χ0n) is 17.9. The second-order valence-corrected chi connectivity index (χ2v) is 7.94. The SMILES string of the molecule is COC(=O)[C@@H]1C[C@@H]2c3ccccc3N(C(=O)CC(C)=O)[C@@H]2N1C(=O)OCc1ccccc1. The van der Waals surface area contributed by atoms with Crippen LogP contribution < -0.4 is 4.90 Å². The van der Waals surface area contributed by atoms with E-state index in [1.807, 2.05) is 42.5 Å². The maximum Gasteiger partial charge on any atom is 0.412 e. The maximum absolute atomic E-state index is 13.2. The van der Waals surface area contributed by atoms with Crippen molar-refractivity contribution in [3.63, 3.8) is 0 Å². The maximum atomic E-state index is 13.2. The number of carbonyl (C=O) groups excluding carboxylic acids is 4. The molecule has 2 aliphatic rings. The van der Waals surface area contributed by atoms with E-state index in [2.05, 4.69) is 0 Å². The third-order valence-electron chi connectivity index (χ3n) is 5.88. The Hall–Kier alpha value is -3.68. The number of hydrogen-bond acceptors (Lipinski definition) is 6. The first-order chi connectivity index (χ1) is 15.4. The van der Waals surface area contributed by atoms with Crippen molar-refractivity contribution in [2.45, 2.75) is 44.5 Å². The van der Waals surface area contributed by atoms with Gasteiger partial charge in [0.2, 0.25) is 5.91 Å². The lowest BCUT2D eigenvalue weighted by molar-refractivity contribution is -0.146. The number of anilines is 1. The number of benzene rings is 2. The quantitative estimate of drug-likeness (QED) is 0.528. The number of nitrogens with zero attached hydrogens (tertiary/aromatic N) is 2. The molecule has 1 saturated heterocycles. The molecule has 0 unspecified atom stereocenters. The van der Waals surface area contributed by atoms with Crippen molar-refractivity contribution >= 4 is 29.4 Å². The van der Waals surface area contributed by atoms with E-state index in [-0.39, 0.29) is 24.7 Å². The highest BCUT2D eigenvalue weighted by Crippen LogP contribution is 2.50. The monoisotopic (exact) mass is 436 g/mol. The zero-order chi connectivity index (χ0) is 22.8. The number of methoxy groups -OCH3 is 1. The van der Waals surface area contributed by atoms with Crippen LogP contribution in [0.4, 0.5) is 10.5 Å². The van der Waals surface area contributed by atoms with E-state index in [1.54, 1.807) is 12.1 Å². The minimum Gasteiger partial charge on any atom is -0.467 e. The fourth-order valence-corrected chi connectivity index (χ4v) is 4.56. The van der Waals surface area contributed by atoms with Crippen LogP contribution in [-0.4, -0.2) is 48.0 Å². The van der Waals surface area contributed by atoms with Crippen molar-refractivity contribution in [1.29, 1.82) is 0 Å². The molecule has 2 amide bonds. The summed E-state index contributed by atoms with van der Waals surface area (Å²) in [5.74, 6) is -1.58. The minimum atomic E-state index is -0.903. The third kappa shape index (κ3) is 3.84. The van der Waals surface area contributed by atoms with E-state index >= 15 is 0 Å². The summed E-state index contributed by atoms with van der Waals surface area (Å²) in [5.41, 5.74) is 2.28. The van der Waals surface area contributed by atoms with Crippen LogP contribution in [-0.2, 0) is 30.5 Å². The zero-order valence-corrected chi connectivity index (χ0v) is 17.9. The molecule has 32 heavy (non-hydrogen) atoms. The average molecular weight is 436 g/mol. The Morgan fingerprint density at radius 3 is 2.38 bits per heavy atom. The highest BCUT2D eigenvalue weighted by atomic mass is 16.6. The molecular formula is C24H24N2O6. The molecule has 0 spiro atoms. The van der Waals surface area contributed by atoms with Crippen LogP contribution in [0.25, 0.3) is 0 Å². The molecule has 0 bridgehead atoms. The molecule has 0 aliphatic carbocycles. The van der Waals surface area contributed by atoms with Gasteiger partial charge in [0.15, 0.2) is 0 Å². The van der Waals surface area contributed by atoms with E-state index in [0.717, 1.165) is 11.1 Å². The lowest BCUT2D eigenvalue weighted by Gasteiger charge is -2.34. The number of para-hydroxylation sites is 1. The molecule has 0 aromatic heterocycles. The van der Waals surface area contributed by atoms with E-state index in [9.17, 15) is 19.2 Å². The van der Waals surface area contributed by atoms with E-state index in [0.29, 0.717) is 12.1 Å². The first kappa shape index (κ1) is 21.5. The molecule has 3 atom stereocenters. The summed E-state index contributed by atoms with van der Waals surface area (Å²) in [6.45, 7) is 1.37. The highest BCUT2D eigenvalue weighted by Gasteiger charge is 2.56. The number of fused-ring (bicyclic) bond motifs is 3. The number of amides is 2. The number of hydrogen-bond donors (Lipinski definition) is 0. The molecule has 2 heterocycles. The predicted molar refractivity (Wildman–Crippen MR) is 115 cm³/mol. The fraction of sp³-hybridized carbons (Fsp3) is 0.333. The highest BCUT2D eigenvalue weighted by molar-refractivity contribution is 6.07. The lowest BCUT2D eigenvalue weighted by Crippen LogP contribution is -2.54. The number of esters is 1. The molecule has 2 aromatic carbocycles. The Kier molecular flexibility index (Phi) is 5.94. The first-order valence-corrected chi connectivity index (χ1v) is 10.4. The van der Waals surface area contributed by atoms with Gasteiger partial charge in [0.25, 0.3) is 0 Å². The number of likely N-dealkylation sites (tertiary alicyclic amines) is 1. The number of Topliss-reactive ketones (excluding diaryl/α,β-unsaturated/α-hetero) is 1. The molecular weight excluding hydrogens is 412 g/mol. The second kappa shape index (κ2) is 8.82. The molecule has 166 valence electrons. The van der Waals surface area contributed by atoms with Crippen LogP contribution in [0, 0.1) is 0 Å². The van der Waals surface area contributed by atoms with E-state index in [4.69, 9.17) is 9.47 Å². The second-order valence-electron chi connectivity index (χ2n) is 7.94. The Morgan fingerprint density at radius 1 is 1.00 bits per heavy atom. The number of ether oxygens (including phenoxy) is 2. The topological polar surface area (TPSA) is 93.2 Å². The van der Waals surface area contributed by atoms with Crippen molar-refractivity contribution in [1.82, 2.24) is 4.90 Å². The van der Waals surface area contributed by atoms with Crippen LogP contribution in [0.15, 0.2) is 54.6 Å². The van der Waals surface area contributed by atoms with Crippen molar-refractivity contribution in [3.05, 3.63) is 65.7 Å². The molecule has 1 fully saturated rings. The van der Waals surface area contributed by atoms with Crippen LogP contribution in [0.3, 0.4) is 0 Å². The molecule has 0 radical (unpaired) electrons. The Morgan fingerprint density at radius 2 is 1.69 bits per heavy atom. The van der Waals surface area contributed by atoms with Gasteiger partial charge in [-0.2, -0.15) is 0 Å². The van der Waals surface area contributed by atoms with E-state index < -0.39 is 30.2 Å². The summed E-state index contributed by atoms with van der Waals surface area (Å²) in [5, 5.41) is 0. The summed E-state index contributed by atoms with van der Waals surface area (Å²) < 4.78 is 10.5. The Balaban J connectivity index is 1.69. The van der Waals surface area contributed by atoms with Crippen LogP contribution in [0.2, 0.25) is 0 Å². The summed E-state index contributed by atoms with van der Waals surface area (Å²) in [6, 6.07) is 15.6. The van der Waals surface area contributed by atoms with Gasteiger partial charge in [0, 0.05) is 11.6 Å². The van der Waals surface area contributed by atoms with Crippen LogP contribution >= 0.6 is 0 Å². The number of carbonyl (C=O) groups is 4. The largest absolute Gasteiger partial charge is 0.467 e. The molecule has 2 aromatic rings. The standard InChI is InChI=1S/C24H24N2O6/c1-15(27)12-21(28)25-19-11-7-6-10-17(19)18-13-20(23(29)31-2)26(22(18)25)24(30)32-14-16-8-4-3-5-9-16/h3-11,18,20,22H,12-14H2,1-2H3/t18-,20+,22-/m1/s1. The van der Waals surface area contributed by atoms with Gasteiger partial charge in [-0.1, -0.05) is 48.5 Å². The van der Waals surface area contributed by atoms with Crippen molar-refractivity contribution in [2.24, 2.45) is 0 Å². The van der Waals surface area contributed by atoms with Crippen molar-refractivity contribution < 1.29 is 28.7 Å². The first-order valence-electron chi connectivity index (χ1n) is 10.4. The minimum absolute atomic E-state index is 0.0236. The van der Waals surface area contributed by atoms with Gasteiger partial charge in [-0.05, 0) is 30.5 Å². The molecule has 8 nitrogen and oxygen atoms in total. The van der Waals surface area contributed by atoms with Gasteiger partial charge < -0.3 is 9.47 Å². The lowest BCUT2D eigenvalue weighted by atomic mass is 9.96. The smallest absolute Gasteiger partial charge is 0.412 e. The average Bonchev–Trinajstić information content (AvgIpc) is 3.32. The third-order valence-corrected chi connectivity index (χ3v) is 5.88. The van der Waals surface area contributed by atoms with Gasteiger partial charge in [-0.3, -0.25) is 19.4 Å². The van der Waals surface area contributed by atoms with Crippen LogP contribution in [0.1, 0.15) is 36.8 Å². The fourth-order valence-electron chi connectivity index (χ4n) is 4.56. The van der Waals surface area contributed by atoms with Gasteiger partial charge >= 0.3 is 12.1 Å². The molecule has 4 rings (SSSR count). The van der Waals surface area contributed by atoms with Gasteiger partial charge in [-0.15, -0.1) is 0 Å². The molecule has 0 N–H and O–H groups in total. The molecule has 2 aliphatic heterocycles. The van der Waals surface area contributed by atoms with Crippen molar-refractivity contribution in [2.75, 3.05) is 12.0 Å². The summed E-state index contributed by atoms with van der Waals surface area (Å²) in [7, 11) is 1.26. The summed E-state index contributed by atoms with van der Waals surface area (Å²) in [4.78, 5) is 53.3. The van der Waals surface area contributed by atoms with Crippen LogP contribution in [0.5, 0.6) is 0 Å². The summed E-state index contributed by atoms with van der Waals surface area (Å²) >= 11 is 0. The van der Waals surface area contributed by atoms with Crippen molar-refractivity contribution in [3.8, 4) is 0 Å². The normalized spacial score (nSPS) is 21.0. The number of rotatable bonds is 5. The van der Waals surface area contributed by atoms with Gasteiger partial charge in [-0.25, -0.2) is 9.59 Å². The predicted octanol–water partition coefficient (Wildman–Crippen LogP) is 3.01. The summed E-state index contributed by atoms with van der Waals surface area (Å²) in [6.07, 6.45) is -1.50. The van der Waals surface area contributed by atoms with Gasteiger partial charge in [0.1, 0.15) is 24.6 Å². The van der Waals surface area contributed by atoms with Gasteiger partial charge in [0.05, 0.1) is 13.5 Å². The molecule has 0 saturated carbocycles. The Bertz CT molecular complexity index is 1050. The molecule has 8 heteroatoms. The number of ketones is 1. The Labute approximate surface area is 185 Å².